The van der Waals surface area contributed by atoms with Gasteiger partial charge in [0, 0.05) is 30.4 Å². The third-order valence-corrected chi connectivity index (χ3v) is 4.42. The van der Waals surface area contributed by atoms with Crippen LogP contribution in [-0.2, 0) is 4.74 Å². The lowest BCUT2D eigenvalue weighted by Crippen LogP contribution is -2.30. The van der Waals surface area contributed by atoms with Crippen LogP contribution in [0.2, 0.25) is 0 Å². The third kappa shape index (κ3) is 6.14. The van der Waals surface area contributed by atoms with E-state index in [1.807, 2.05) is 49.4 Å². The zero-order valence-electron chi connectivity index (χ0n) is 16.5. The highest BCUT2D eigenvalue weighted by molar-refractivity contribution is 6.06. The predicted molar refractivity (Wildman–Crippen MR) is 117 cm³/mol. The number of carbonyl (C=O) groups excluding carboxylic acids is 1. The first-order valence-electron chi connectivity index (χ1n) is 9.61. The van der Waals surface area contributed by atoms with Crippen LogP contribution in [-0.4, -0.2) is 37.2 Å². The van der Waals surface area contributed by atoms with E-state index in [1.54, 1.807) is 24.4 Å². The second-order valence-electron chi connectivity index (χ2n) is 6.70. The summed E-state index contributed by atoms with van der Waals surface area (Å²) in [7, 11) is 0. The van der Waals surface area contributed by atoms with Crippen LogP contribution in [0, 0.1) is 6.92 Å². The maximum Gasteiger partial charge on any atom is 0.255 e. The largest absolute Gasteiger partial charge is 0.397 e. The molecule has 1 saturated heterocycles. The van der Waals surface area contributed by atoms with Crippen LogP contribution in [0.4, 0.5) is 11.4 Å². The van der Waals surface area contributed by atoms with E-state index in [1.165, 1.54) is 0 Å². The number of anilines is 2. The second kappa shape index (κ2) is 10.4. The van der Waals surface area contributed by atoms with Gasteiger partial charge in [0.15, 0.2) is 0 Å². The van der Waals surface area contributed by atoms with E-state index in [2.05, 4.69) is 15.6 Å². The van der Waals surface area contributed by atoms with Crippen LogP contribution in [0.5, 0.6) is 0 Å². The highest BCUT2D eigenvalue weighted by Crippen LogP contribution is 2.26. The Kier molecular flexibility index (Phi) is 7.33. The molecule has 0 bridgehead atoms. The molecule has 29 heavy (non-hydrogen) atoms. The van der Waals surface area contributed by atoms with Gasteiger partial charge in [0.25, 0.3) is 5.91 Å². The minimum atomic E-state index is -0.185. The van der Waals surface area contributed by atoms with E-state index in [0.29, 0.717) is 16.9 Å². The number of rotatable bonds is 3. The van der Waals surface area contributed by atoms with Gasteiger partial charge < -0.3 is 21.1 Å². The van der Waals surface area contributed by atoms with Crippen LogP contribution < -0.4 is 16.4 Å². The summed E-state index contributed by atoms with van der Waals surface area (Å²) in [5.41, 5.74) is 10.5. The monoisotopic (exact) mass is 390 g/mol. The number of amides is 1. The second-order valence-corrected chi connectivity index (χ2v) is 6.70. The summed E-state index contributed by atoms with van der Waals surface area (Å²) in [5, 5.41) is 6.02. The Hall–Kier alpha value is -3.22. The fourth-order valence-electron chi connectivity index (χ4n) is 2.77. The van der Waals surface area contributed by atoms with Crippen LogP contribution >= 0.6 is 0 Å². The molecule has 1 aliphatic rings. The normalized spacial score (nSPS) is 13.1. The van der Waals surface area contributed by atoms with Crippen LogP contribution in [0.25, 0.3) is 11.3 Å². The number of aromatic nitrogens is 1. The van der Waals surface area contributed by atoms with Gasteiger partial charge in [-0.15, -0.1) is 0 Å². The molecule has 0 spiro atoms. The van der Waals surface area contributed by atoms with Crippen molar-refractivity contribution in [3.05, 3.63) is 78.0 Å². The molecule has 4 rings (SSSR count). The van der Waals surface area contributed by atoms with Crippen molar-refractivity contribution in [1.29, 1.82) is 0 Å². The van der Waals surface area contributed by atoms with Crippen molar-refractivity contribution in [2.24, 2.45) is 0 Å². The molecule has 0 unspecified atom stereocenters. The predicted octanol–water partition coefficient (Wildman–Crippen LogP) is 3.50. The summed E-state index contributed by atoms with van der Waals surface area (Å²) in [6.07, 6.45) is 1.73. The number of nitrogens with two attached hydrogens (primary N) is 1. The van der Waals surface area contributed by atoms with Crippen LogP contribution in [0.3, 0.4) is 0 Å². The molecule has 1 aromatic heterocycles. The summed E-state index contributed by atoms with van der Waals surface area (Å²) in [6.45, 7) is 5.82. The summed E-state index contributed by atoms with van der Waals surface area (Å²) < 4.78 is 5.01. The van der Waals surface area contributed by atoms with Crippen molar-refractivity contribution in [3.63, 3.8) is 0 Å². The van der Waals surface area contributed by atoms with E-state index in [9.17, 15) is 4.79 Å². The van der Waals surface area contributed by atoms with Gasteiger partial charge in [0.05, 0.1) is 30.3 Å². The minimum absolute atomic E-state index is 0.185. The average molecular weight is 390 g/mol. The SMILES string of the molecule is C1COCCN1.Cc1ccc(C(=O)Nc2cc(-c3ccccn3)ccc2N)cc1. The number of hydrogen-bond acceptors (Lipinski definition) is 5. The molecule has 1 amide bonds. The number of hydrogen-bond donors (Lipinski definition) is 3. The van der Waals surface area contributed by atoms with E-state index < -0.39 is 0 Å². The number of carbonyl (C=O) groups is 1. The van der Waals surface area contributed by atoms with Gasteiger partial charge in [-0.05, 0) is 43.3 Å². The van der Waals surface area contributed by atoms with E-state index in [-0.39, 0.29) is 5.91 Å². The summed E-state index contributed by atoms with van der Waals surface area (Å²) >= 11 is 0. The quantitative estimate of drug-likeness (QED) is 0.596. The number of nitrogens with one attached hydrogen (secondary N) is 2. The highest BCUT2D eigenvalue weighted by atomic mass is 16.5. The molecule has 0 saturated carbocycles. The van der Waals surface area contributed by atoms with Gasteiger partial charge >= 0.3 is 0 Å². The molecule has 0 radical (unpaired) electrons. The molecular formula is C23H26N4O2. The van der Waals surface area contributed by atoms with E-state index in [0.717, 1.165) is 43.1 Å². The molecular weight excluding hydrogens is 364 g/mol. The lowest BCUT2D eigenvalue weighted by Gasteiger charge is -2.10. The zero-order valence-corrected chi connectivity index (χ0v) is 16.5. The molecule has 150 valence electrons. The first-order valence-corrected chi connectivity index (χ1v) is 9.61. The molecule has 6 heteroatoms. The van der Waals surface area contributed by atoms with Crippen LogP contribution in [0.1, 0.15) is 15.9 Å². The summed E-state index contributed by atoms with van der Waals surface area (Å²) in [4.78, 5) is 16.7. The molecule has 6 nitrogen and oxygen atoms in total. The smallest absolute Gasteiger partial charge is 0.255 e. The Morgan fingerprint density at radius 1 is 1.07 bits per heavy atom. The van der Waals surface area contributed by atoms with Crippen molar-refractivity contribution >= 4 is 17.3 Å². The van der Waals surface area contributed by atoms with Gasteiger partial charge in [0.2, 0.25) is 0 Å². The molecule has 4 N–H and O–H groups in total. The topological polar surface area (TPSA) is 89.3 Å². The average Bonchev–Trinajstić information content (AvgIpc) is 2.78. The number of aryl methyl sites for hydroxylation is 1. The fourth-order valence-corrected chi connectivity index (χ4v) is 2.77. The Labute approximate surface area is 171 Å². The molecule has 2 heterocycles. The maximum absolute atomic E-state index is 12.3. The van der Waals surface area contributed by atoms with Crippen molar-refractivity contribution in [1.82, 2.24) is 10.3 Å². The molecule has 1 fully saturated rings. The lowest BCUT2D eigenvalue weighted by atomic mass is 10.1. The number of benzene rings is 2. The molecule has 0 aliphatic carbocycles. The lowest BCUT2D eigenvalue weighted by molar-refractivity contribution is 0.102. The number of morpholine rings is 1. The molecule has 2 aromatic carbocycles. The summed E-state index contributed by atoms with van der Waals surface area (Å²) in [6, 6.07) is 18.6. The number of ether oxygens (including phenoxy) is 1. The fraction of sp³-hybridized carbons (Fsp3) is 0.217. The Morgan fingerprint density at radius 3 is 2.41 bits per heavy atom. The maximum atomic E-state index is 12.3. The van der Waals surface area contributed by atoms with Gasteiger partial charge in [0.1, 0.15) is 0 Å². The van der Waals surface area contributed by atoms with Crippen molar-refractivity contribution < 1.29 is 9.53 Å². The van der Waals surface area contributed by atoms with Crippen molar-refractivity contribution in [2.75, 3.05) is 37.4 Å². The number of nitrogens with zero attached hydrogens (tertiary/aromatic N) is 1. The Bertz CT molecular complexity index is 912. The molecule has 0 atom stereocenters. The van der Waals surface area contributed by atoms with E-state index in [4.69, 9.17) is 10.5 Å². The van der Waals surface area contributed by atoms with Crippen molar-refractivity contribution in [2.45, 2.75) is 6.92 Å². The minimum Gasteiger partial charge on any atom is -0.397 e. The first-order chi connectivity index (χ1) is 14.1. The van der Waals surface area contributed by atoms with Gasteiger partial charge in [-0.1, -0.05) is 29.8 Å². The number of nitrogen functional groups attached to an aromatic ring is 1. The molecule has 3 aromatic rings. The highest BCUT2D eigenvalue weighted by Gasteiger charge is 2.09. The molecule has 1 aliphatic heterocycles. The third-order valence-electron chi connectivity index (χ3n) is 4.42. The summed E-state index contributed by atoms with van der Waals surface area (Å²) in [5.74, 6) is -0.185. The van der Waals surface area contributed by atoms with Gasteiger partial charge in [-0.25, -0.2) is 0 Å². The van der Waals surface area contributed by atoms with Gasteiger partial charge in [-0.2, -0.15) is 0 Å². The number of pyridine rings is 1. The standard InChI is InChI=1S/C19H17N3O.C4H9NO/c1-13-5-7-14(8-6-13)19(23)22-18-12-15(9-10-16(18)20)17-4-2-3-11-21-17;1-3-6-4-2-5-1/h2-12H,20H2,1H3,(H,22,23);5H,1-4H2. The first kappa shape index (κ1) is 20.5. The Balaban J connectivity index is 0.000000343. The van der Waals surface area contributed by atoms with Gasteiger partial charge in [-0.3, -0.25) is 9.78 Å². The van der Waals surface area contributed by atoms with E-state index >= 15 is 0 Å². The zero-order chi connectivity index (χ0) is 20.5. The van der Waals surface area contributed by atoms with Crippen molar-refractivity contribution in [3.8, 4) is 11.3 Å². The Morgan fingerprint density at radius 2 is 1.83 bits per heavy atom. The van der Waals surface area contributed by atoms with Crippen LogP contribution in [0.15, 0.2) is 66.9 Å².